The molecule has 0 radical (unpaired) electrons. The number of carbonyl (C=O) groups is 1. The van der Waals surface area contributed by atoms with Crippen molar-refractivity contribution in [3.8, 4) is 0 Å². The molecule has 0 bridgehead atoms. The summed E-state index contributed by atoms with van der Waals surface area (Å²) in [4.78, 5) is 9.00. The number of hydrogen-bond acceptors (Lipinski definition) is 3. The average Bonchev–Trinajstić information content (AvgIpc) is 1.63. The molecule has 0 amide bonds. The first-order valence-corrected chi connectivity index (χ1v) is 2.59. The zero-order valence-corrected chi connectivity index (χ0v) is 6.03. The molecule has 0 heterocycles. The fraction of sp³-hybridized carbons (Fsp3) is 0.500. The van der Waals surface area contributed by atoms with Gasteiger partial charge >= 0.3 is 0 Å². The Hall–Kier alpha value is -0.870. The number of rotatable bonds is 1. The van der Waals surface area contributed by atoms with E-state index in [0.29, 0.717) is 5.57 Å². The lowest BCUT2D eigenvalue weighted by molar-refractivity contribution is -0.134. The molecular formula is C6H12O4. The van der Waals surface area contributed by atoms with Crippen LogP contribution in [0.25, 0.3) is 0 Å². The van der Waals surface area contributed by atoms with E-state index in [1.807, 2.05) is 0 Å². The van der Waals surface area contributed by atoms with E-state index < -0.39 is 12.3 Å². The van der Waals surface area contributed by atoms with Gasteiger partial charge in [0.15, 0.2) is 6.29 Å². The third-order valence-corrected chi connectivity index (χ3v) is 0.441. The summed E-state index contributed by atoms with van der Waals surface area (Å²) < 4.78 is 0. The molecule has 0 fully saturated rings. The van der Waals surface area contributed by atoms with Crippen molar-refractivity contribution in [3.05, 3.63) is 12.2 Å². The van der Waals surface area contributed by atoms with E-state index in [9.17, 15) is 0 Å². The van der Waals surface area contributed by atoms with Gasteiger partial charge in [-0.3, -0.25) is 4.79 Å². The maximum Gasteiger partial charge on any atom is 0.300 e. The molecule has 3 N–H and O–H groups in total. The smallest absolute Gasteiger partial charge is 0.300 e. The lowest BCUT2D eigenvalue weighted by Gasteiger charge is -1.96. The Morgan fingerprint density at radius 3 is 1.50 bits per heavy atom. The summed E-state index contributed by atoms with van der Waals surface area (Å²) in [6.45, 7) is 5.88. The third kappa shape index (κ3) is 27.3. The lowest BCUT2D eigenvalue weighted by atomic mass is 10.3. The van der Waals surface area contributed by atoms with Gasteiger partial charge in [0.1, 0.15) is 0 Å². The van der Waals surface area contributed by atoms with Gasteiger partial charge in [-0.1, -0.05) is 6.58 Å². The average molecular weight is 148 g/mol. The van der Waals surface area contributed by atoms with Gasteiger partial charge in [0.05, 0.1) is 0 Å². The van der Waals surface area contributed by atoms with Crippen molar-refractivity contribution in [1.29, 1.82) is 0 Å². The highest BCUT2D eigenvalue weighted by Gasteiger charge is 1.91. The predicted molar refractivity (Wildman–Crippen MR) is 36.3 cm³/mol. The van der Waals surface area contributed by atoms with Gasteiger partial charge in [-0.15, -0.1) is 0 Å². The molecule has 0 unspecified atom stereocenters. The first kappa shape index (κ1) is 11.9. The van der Waals surface area contributed by atoms with E-state index in [1.54, 1.807) is 6.92 Å². The van der Waals surface area contributed by atoms with Crippen LogP contribution >= 0.6 is 0 Å². The van der Waals surface area contributed by atoms with E-state index in [-0.39, 0.29) is 0 Å². The second-order valence-electron chi connectivity index (χ2n) is 1.74. The Labute approximate surface area is 59.4 Å². The maximum absolute atomic E-state index is 9.00. The summed E-state index contributed by atoms with van der Waals surface area (Å²) in [7, 11) is 0. The van der Waals surface area contributed by atoms with Gasteiger partial charge in [-0.05, 0) is 12.5 Å². The van der Waals surface area contributed by atoms with E-state index in [4.69, 9.17) is 20.1 Å². The molecule has 0 aromatic carbocycles. The van der Waals surface area contributed by atoms with Crippen molar-refractivity contribution < 1.29 is 20.1 Å². The molecule has 0 spiro atoms. The van der Waals surface area contributed by atoms with Crippen molar-refractivity contribution >= 4 is 5.97 Å². The number of carboxylic acid groups (broad SMARTS) is 1. The highest BCUT2D eigenvalue weighted by Crippen LogP contribution is 1.88. The standard InChI is InChI=1S/C4H8O2.C2H4O2/c1-3(2)4(5)6;1-2(3)4/h4-6H,1H2,2H3;1H3,(H,3,4). The fourth-order valence-electron chi connectivity index (χ4n) is 0. The van der Waals surface area contributed by atoms with Crippen molar-refractivity contribution in [1.82, 2.24) is 0 Å². The van der Waals surface area contributed by atoms with Crippen molar-refractivity contribution in [2.45, 2.75) is 20.1 Å². The van der Waals surface area contributed by atoms with Gasteiger partial charge in [0.25, 0.3) is 5.97 Å². The summed E-state index contributed by atoms with van der Waals surface area (Å²) >= 11 is 0. The molecular weight excluding hydrogens is 136 g/mol. The first-order valence-electron chi connectivity index (χ1n) is 2.59. The minimum atomic E-state index is -1.34. The first-order chi connectivity index (χ1) is 4.37. The highest BCUT2D eigenvalue weighted by molar-refractivity contribution is 5.62. The van der Waals surface area contributed by atoms with Crippen LogP contribution in [-0.4, -0.2) is 27.6 Å². The second kappa shape index (κ2) is 6.25. The van der Waals surface area contributed by atoms with Gasteiger partial charge in [0, 0.05) is 6.92 Å². The molecule has 0 saturated carbocycles. The van der Waals surface area contributed by atoms with Gasteiger partial charge in [-0.25, -0.2) is 0 Å². The van der Waals surface area contributed by atoms with Crippen LogP contribution in [-0.2, 0) is 4.79 Å². The van der Waals surface area contributed by atoms with Crippen LogP contribution in [0.4, 0.5) is 0 Å². The SMILES string of the molecule is C=C(C)C(O)O.CC(=O)O. The maximum atomic E-state index is 9.00. The van der Waals surface area contributed by atoms with Gasteiger partial charge < -0.3 is 15.3 Å². The normalized spacial score (nSPS) is 8.10. The number of hydrogen-bond donors (Lipinski definition) is 3. The molecule has 60 valence electrons. The van der Waals surface area contributed by atoms with Crippen LogP contribution in [0.1, 0.15) is 13.8 Å². The van der Waals surface area contributed by atoms with Crippen LogP contribution in [0.3, 0.4) is 0 Å². The molecule has 0 saturated heterocycles. The van der Waals surface area contributed by atoms with E-state index in [2.05, 4.69) is 6.58 Å². The summed E-state index contributed by atoms with van der Waals surface area (Å²) in [6, 6.07) is 0. The second-order valence-corrected chi connectivity index (χ2v) is 1.74. The topological polar surface area (TPSA) is 77.8 Å². The monoisotopic (exact) mass is 148 g/mol. The zero-order chi connectivity index (χ0) is 8.73. The fourth-order valence-corrected chi connectivity index (χ4v) is 0. The molecule has 4 heteroatoms. The van der Waals surface area contributed by atoms with Gasteiger partial charge in [0.2, 0.25) is 0 Å². The Balaban J connectivity index is 0. The third-order valence-electron chi connectivity index (χ3n) is 0.441. The Morgan fingerprint density at radius 2 is 1.50 bits per heavy atom. The summed E-state index contributed by atoms with van der Waals surface area (Å²) in [5, 5.41) is 23.6. The molecule has 0 aromatic rings. The number of carboxylic acids is 1. The van der Waals surface area contributed by atoms with Crippen molar-refractivity contribution in [2.24, 2.45) is 0 Å². The minimum Gasteiger partial charge on any atom is -0.481 e. The van der Waals surface area contributed by atoms with Crippen LogP contribution < -0.4 is 0 Å². The Morgan fingerprint density at radius 1 is 1.40 bits per heavy atom. The van der Waals surface area contributed by atoms with Crippen molar-refractivity contribution in [2.75, 3.05) is 0 Å². The predicted octanol–water partition coefficient (Wildman–Crippen LogP) is -0.0359. The molecule has 4 nitrogen and oxygen atoms in total. The van der Waals surface area contributed by atoms with E-state index >= 15 is 0 Å². The summed E-state index contributed by atoms with van der Waals surface area (Å²) in [5.74, 6) is -0.833. The van der Waals surface area contributed by atoms with Crippen LogP contribution in [0.2, 0.25) is 0 Å². The summed E-state index contributed by atoms with van der Waals surface area (Å²) in [6.07, 6.45) is -1.34. The molecule has 0 rings (SSSR count). The van der Waals surface area contributed by atoms with Crippen molar-refractivity contribution in [3.63, 3.8) is 0 Å². The lowest BCUT2D eigenvalue weighted by Crippen LogP contribution is -2.03. The van der Waals surface area contributed by atoms with Crippen LogP contribution in [0.15, 0.2) is 12.2 Å². The Bertz CT molecular complexity index is 113. The number of aliphatic hydroxyl groups is 2. The largest absolute Gasteiger partial charge is 0.481 e. The number of aliphatic carboxylic acids is 1. The van der Waals surface area contributed by atoms with E-state index in [1.165, 1.54) is 0 Å². The van der Waals surface area contributed by atoms with Gasteiger partial charge in [-0.2, -0.15) is 0 Å². The Kier molecular flexibility index (Phi) is 7.42. The molecule has 0 aromatic heterocycles. The molecule has 0 atom stereocenters. The number of aliphatic hydroxyl groups excluding tert-OH is 1. The summed E-state index contributed by atoms with van der Waals surface area (Å²) in [5.41, 5.74) is 0.370. The molecule has 10 heavy (non-hydrogen) atoms. The molecule has 0 aliphatic carbocycles. The molecule has 0 aliphatic heterocycles. The quantitative estimate of drug-likeness (QED) is 0.360. The zero-order valence-electron chi connectivity index (χ0n) is 6.03. The van der Waals surface area contributed by atoms with E-state index in [0.717, 1.165) is 6.92 Å². The van der Waals surface area contributed by atoms with Crippen LogP contribution in [0.5, 0.6) is 0 Å². The minimum absolute atomic E-state index is 0.370. The molecule has 0 aliphatic rings. The van der Waals surface area contributed by atoms with Crippen LogP contribution in [0, 0.1) is 0 Å². The highest BCUT2D eigenvalue weighted by atomic mass is 16.5.